The largest absolute Gasteiger partial charge is 0.497 e. The Balaban J connectivity index is 1.90. The summed E-state index contributed by atoms with van der Waals surface area (Å²) >= 11 is 0. The number of carbonyl (C=O) groups excluding carboxylic acids is 2. The Hall–Kier alpha value is -3.60. The zero-order valence-electron chi connectivity index (χ0n) is 23.4. The maximum Gasteiger partial charge on any atom is 0.243 e. The van der Waals surface area contributed by atoms with Crippen LogP contribution in [0, 0.1) is 0 Å². The van der Waals surface area contributed by atoms with E-state index in [1.807, 2.05) is 68.4 Å². The van der Waals surface area contributed by atoms with Crippen LogP contribution in [0.1, 0.15) is 68.7 Å². The molecule has 0 radical (unpaired) electrons. The number of methoxy groups -OCH3 is 1. The lowest BCUT2D eigenvalue weighted by atomic mass is 9.99. The Morgan fingerprint density at radius 1 is 0.868 bits per heavy atom. The summed E-state index contributed by atoms with van der Waals surface area (Å²) in [7, 11) is 1.63. The number of ether oxygens (including phenoxy) is 1. The summed E-state index contributed by atoms with van der Waals surface area (Å²) in [6, 6.07) is 25.5. The van der Waals surface area contributed by atoms with Crippen molar-refractivity contribution in [2.75, 3.05) is 7.11 Å². The van der Waals surface area contributed by atoms with Crippen LogP contribution >= 0.6 is 0 Å². The van der Waals surface area contributed by atoms with Gasteiger partial charge < -0.3 is 15.0 Å². The third kappa shape index (κ3) is 8.47. The average Bonchev–Trinajstić information content (AvgIpc) is 2.94. The van der Waals surface area contributed by atoms with E-state index in [9.17, 15) is 9.59 Å². The molecule has 0 aliphatic rings. The lowest BCUT2D eigenvalue weighted by molar-refractivity contribution is -0.141. The third-order valence-electron chi connectivity index (χ3n) is 7.03. The summed E-state index contributed by atoms with van der Waals surface area (Å²) in [5, 5.41) is 3.13. The highest BCUT2D eigenvalue weighted by molar-refractivity contribution is 5.88. The minimum atomic E-state index is -0.631. The predicted molar refractivity (Wildman–Crippen MR) is 154 cm³/mol. The fraction of sp³-hybridized carbons (Fsp3) is 0.394. The standard InChI is InChI=1S/C33H42N2O3/c1-6-25(4)34-33(37)31(22-27-11-8-7-9-12-27)35(23-28-13-10-14-30(21-28)38-5)32(36)20-17-26-15-18-29(19-16-26)24(2)3/h7-16,18-19,21,24-25,31H,6,17,20,22-23H2,1-5H3,(H,34,37)/t25-,31-/m0/s1. The van der Waals surface area contributed by atoms with Gasteiger partial charge in [-0.3, -0.25) is 9.59 Å². The fourth-order valence-electron chi connectivity index (χ4n) is 4.43. The quantitative estimate of drug-likeness (QED) is 0.291. The van der Waals surface area contributed by atoms with E-state index in [0.29, 0.717) is 31.7 Å². The Morgan fingerprint density at radius 2 is 1.55 bits per heavy atom. The molecule has 0 aliphatic carbocycles. The van der Waals surface area contributed by atoms with Gasteiger partial charge in [0.1, 0.15) is 11.8 Å². The highest BCUT2D eigenvalue weighted by Gasteiger charge is 2.30. The zero-order chi connectivity index (χ0) is 27.5. The molecule has 5 nitrogen and oxygen atoms in total. The summed E-state index contributed by atoms with van der Waals surface area (Å²) in [5.74, 6) is 1.03. The van der Waals surface area contributed by atoms with Crippen LogP contribution in [0.5, 0.6) is 5.75 Å². The monoisotopic (exact) mass is 514 g/mol. The number of hydrogen-bond donors (Lipinski definition) is 1. The Bertz CT molecular complexity index is 1160. The van der Waals surface area contributed by atoms with E-state index in [1.54, 1.807) is 12.0 Å². The molecule has 38 heavy (non-hydrogen) atoms. The smallest absolute Gasteiger partial charge is 0.243 e. The molecule has 2 amide bonds. The van der Waals surface area contributed by atoms with Crippen molar-refractivity contribution in [1.82, 2.24) is 10.2 Å². The van der Waals surface area contributed by atoms with Crippen molar-refractivity contribution < 1.29 is 14.3 Å². The second kappa shape index (κ2) is 14.4. The molecule has 5 heteroatoms. The molecule has 0 fully saturated rings. The van der Waals surface area contributed by atoms with Gasteiger partial charge in [-0.25, -0.2) is 0 Å². The van der Waals surface area contributed by atoms with Crippen molar-refractivity contribution in [3.05, 3.63) is 101 Å². The van der Waals surface area contributed by atoms with Crippen molar-refractivity contribution in [2.45, 2.75) is 77.9 Å². The lowest BCUT2D eigenvalue weighted by Gasteiger charge is -2.32. The van der Waals surface area contributed by atoms with Crippen molar-refractivity contribution in [2.24, 2.45) is 0 Å². The third-order valence-corrected chi connectivity index (χ3v) is 7.03. The number of benzene rings is 3. The number of carbonyl (C=O) groups is 2. The van der Waals surface area contributed by atoms with E-state index in [1.165, 1.54) is 5.56 Å². The molecule has 2 atom stereocenters. The molecule has 0 aromatic heterocycles. The molecule has 202 valence electrons. The molecule has 0 saturated heterocycles. The maximum atomic E-state index is 13.9. The highest BCUT2D eigenvalue weighted by atomic mass is 16.5. The molecule has 0 heterocycles. The Labute approximate surface area is 228 Å². The Kier molecular flexibility index (Phi) is 11.0. The maximum absolute atomic E-state index is 13.9. The van der Waals surface area contributed by atoms with Gasteiger partial charge in [0.2, 0.25) is 11.8 Å². The molecule has 3 rings (SSSR count). The first-order valence-electron chi connectivity index (χ1n) is 13.7. The molecule has 3 aromatic carbocycles. The fourth-order valence-corrected chi connectivity index (χ4v) is 4.43. The van der Waals surface area contributed by atoms with Crippen LogP contribution < -0.4 is 10.1 Å². The van der Waals surface area contributed by atoms with Gasteiger partial charge in [-0.1, -0.05) is 87.5 Å². The van der Waals surface area contributed by atoms with Gasteiger partial charge >= 0.3 is 0 Å². The van der Waals surface area contributed by atoms with E-state index < -0.39 is 6.04 Å². The first kappa shape index (κ1) is 29.0. The number of aryl methyl sites for hydroxylation is 1. The first-order valence-corrected chi connectivity index (χ1v) is 13.7. The van der Waals surface area contributed by atoms with Gasteiger partial charge in [-0.05, 0) is 60.1 Å². The SMILES string of the molecule is CC[C@H](C)NC(=O)[C@H](Cc1ccccc1)N(Cc1cccc(OC)c1)C(=O)CCc1ccc(C(C)C)cc1. The molecule has 1 N–H and O–H groups in total. The van der Waals surface area contributed by atoms with Gasteiger partial charge in [0.15, 0.2) is 0 Å². The highest BCUT2D eigenvalue weighted by Crippen LogP contribution is 2.21. The van der Waals surface area contributed by atoms with Crippen LogP contribution in [0.3, 0.4) is 0 Å². The van der Waals surface area contributed by atoms with E-state index in [-0.39, 0.29) is 17.9 Å². The summed E-state index contributed by atoms with van der Waals surface area (Å²) in [6.45, 7) is 8.71. The molecule has 0 bridgehead atoms. The molecular formula is C33H42N2O3. The van der Waals surface area contributed by atoms with Crippen molar-refractivity contribution in [3.8, 4) is 5.75 Å². The lowest BCUT2D eigenvalue weighted by Crippen LogP contribution is -2.52. The number of amides is 2. The summed E-state index contributed by atoms with van der Waals surface area (Å²) < 4.78 is 5.42. The second-order valence-corrected chi connectivity index (χ2v) is 10.3. The summed E-state index contributed by atoms with van der Waals surface area (Å²) in [6.07, 6.45) is 2.21. The van der Waals surface area contributed by atoms with E-state index in [0.717, 1.165) is 28.9 Å². The van der Waals surface area contributed by atoms with E-state index in [4.69, 9.17) is 4.74 Å². The van der Waals surface area contributed by atoms with Gasteiger partial charge in [0.05, 0.1) is 7.11 Å². The summed E-state index contributed by atoms with van der Waals surface area (Å²) in [4.78, 5) is 29.2. The van der Waals surface area contributed by atoms with Crippen LogP contribution in [0.4, 0.5) is 0 Å². The van der Waals surface area contributed by atoms with Gasteiger partial charge in [0.25, 0.3) is 0 Å². The van der Waals surface area contributed by atoms with E-state index >= 15 is 0 Å². The molecule has 0 unspecified atom stereocenters. The van der Waals surface area contributed by atoms with Gasteiger partial charge in [-0.2, -0.15) is 0 Å². The number of nitrogens with zero attached hydrogens (tertiary/aromatic N) is 1. The van der Waals surface area contributed by atoms with Crippen LogP contribution in [0.2, 0.25) is 0 Å². The van der Waals surface area contributed by atoms with Crippen LogP contribution in [-0.4, -0.2) is 35.9 Å². The number of rotatable bonds is 13. The molecule has 3 aromatic rings. The minimum absolute atomic E-state index is 0.0222. The normalized spacial score (nSPS) is 12.6. The minimum Gasteiger partial charge on any atom is -0.497 e. The van der Waals surface area contributed by atoms with Crippen LogP contribution in [0.25, 0.3) is 0 Å². The topological polar surface area (TPSA) is 58.6 Å². The zero-order valence-corrected chi connectivity index (χ0v) is 23.4. The van der Waals surface area contributed by atoms with Gasteiger partial charge in [-0.15, -0.1) is 0 Å². The van der Waals surface area contributed by atoms with Crippen molar-refractivity contribution >= 4 is 11.8 Å². The predicted octanol–water partition coefficient (Wildman–Crippen LogP) is 6.31. The average molecular weight is 515 g/mol. The molecule has 0 saturated carbocycles. The Morgan fingerprint density at radius 3 is 2.18 bits per heavy atom. The number of hydrogen-bond acceptors (Lipinski definition) is 3. The van der Waals surface area contributed by atoms with Gasteiger partial charge in [0, 0.05) is 25.4 Å². The molecular weight excluding hydrogens is 472 g/mol. The number of nitrogens with one attached hydrogen (secondary N) is 1. The second-order valence-electron chi connectivity index (χ2n) is 10.3. The van der Waals surface area contributed by atoms with E-state index in [2.05, 4.69) is 43.4 Å². The molecule has 0 aliphatic heterocycles. The first-order chi connectivity index (χ1) is 18.3. The molecule has 0 spiro atoms. The van der Waals surface area contributed by atoms with Crippen LogP contribution in [0.15, 0.2) is 78.9 Å². The van der Waals surface area contributed by atoms with Crippen LogP contribution in [-0.2, 0) is 29.0 Å². The summed E-state index contributed by atoms with van der Waals surface area (Å²) in [5.41, 5.74) is 4.34. The van der Waals surface area contributed by atoms with Crippen molar-refractivity contribution in [3.63, 3.8) is 0 Å². The van der Waals surface area contributed by atoms with Crippen molar-refractivity contribution in [1.29, 1.82) is 0 Å².